The Balaban J connectivity index is 1.46. The summed E-state index contributed by atoms with van der Waals surface area (Å²) < 4.78 is 45.3. The number of morpholine rings is 1. The number of carbonyl (C=O) groups is 2. The Labute approximate surface area is 190 Å². The molecule has 0 radical (unpaired) electrons. The number of benzene rings is 2. The third kappa shape index (κ3) is 5.65. The summed E-state index contributed by atoms with van der Waals surface area (Å²) in [5.41, 5.74) is 0.885. The van der Waals surface area contributed by atoms with Gasteiger partial charge in [0.15, 0.2) is 0 Å². The van der Waals surface area contributed by atoms with E-state index < -0.39 is 23.6 Å². The molecular formula is C24H26F3N3O3. The highest BCUT2D eigenvalue weighted by Gasteiger charge is 2.36. The first-order chi connectivity index (χ1) is 15.8. The number of hydrogen-bond donors (Lipinski definition) is 1. The first-order valence-electron chi connectivity index (χ1n) is 11.0. The monoisotopic (exact) mass is 461 g/mol. The highest BCUT2D eigenvalue weighted by Crippen LogP contribution is 2.36. The first kappa shape index (κ1) is 23.1. The largest absolute Gasteiger partial charge is 0.416 e. The molecule has 9 heteroatoms. The van der Waals surface area contributed by atoms with Crippen molar-refractivity contribution in [2.24, 2.45) is 5.92 Å². The molecule has 2 fully saturated rings. The molecule has 1 N–H and O–H groups in total. The number of likely N-dealkylation sites (tertiary alicyclic amines) is 1. The van der Waals surface area contributed by atoms with Gasteiger partial charge in [-0.05, 0) is 30.2 Å². The molecule has 1 unspecified atom stereocenters. The predicted octanol–water partition coefficient (Wildman–Crippen LogP) is 3.57. The van der Waals surface area contributed by atoms with Gasteiger partial charge in [0, 0.05) is 32.6 Å². The van der Waals surface area contributed by atoms with Crippen LogP contribution in [0.15, 0.2) is 48.5 Å². The minimum atomic E-state index is -4.53. The zero-order valence-corrected chi connectivity index (χ0v) is 18.1. The maximum Gasteiger partial charge on any atom is 0.416 e. The summed E-state index contributed by atoms with van der Waals surface area (Å²) in [7, 11) is 0. The first-order valence-corrected chi connectivity index (χ1v) is 11.0. The van der Waals surface area contributed by atoms with E-state index in [4.69, 9.17) is 4.74 Å². The number of nitrogens with zero attached hydrogens (tertiary/aromatic N) is 2. The number of anilines is 2. The van der Waals surface area contributed by atoms with Gasteiger partial charge in [0.2, 0.25) is 11.8 Å². The van der Waals surface area contributed by atoms with Gasteiger partial charge >= 0.3 is 6.18 Å². The van der Waals surface area contributed by atoms with Crippen molar-refractivity contribution < 1.29 is 27.5 Å². The fourth-order valence-electron chi connectivity index (χ4n) is 4.20. The van der Waals surface area contributed by atoms with E-state index in [-0.39, 0.29) is 24.6 Å². The fourth-order valence-corrected chi connectivity index (χ4v) is 4.20. The van der Waals surface area contributed by atoms with Gasteiger partial charge < -0.3 is 19.9 Å². The number of carbonyl (C=O) groups excluding carboxylic acids is 2. The van der Waals surface area contributed by atoms with Gasteiger partial charge in [0.1, 0.15) is 0 Å². The van der Waals surface area contributed by atoms with Gasteiger partial charge in [-0.2, -0.15) is 13.2 Å². The van der Waals surface area contributed by atoms with Crippen molar-refractivity contribution in [1.82, 2.24) is 4.90 Å². The molecule has 0 bridgehead atoms. The summed E-state index contributed by atoms with van der Waals surface area (Å²) >= 11 is 0. The average Bonchev–Trinajstić information content (AvgIpc) is 3.19. The highest BCUT2D eigenvalue weighted by molar-refractivity contribution is 5.99. The second-order valence-corrected chi connectivity index (χ2v) is 8.29. The molecule has 33 heavy (non-hydrogen) atoms. The van der Waals surface area contributed by atoms with Crippen LogP contribution in [0, 0.1) is 5.92 Å². The van der Waals surface area contributed by atoms with Crippen LogP contribution in [0.4, 0.5) is 24.5 Å². The highest BCUT2D eigenvalue weighted by atomic mass is 19.4. The Kier molecular flexibility index (Phi) is 6.88. The topological polar surface area (TPSA) is 61.9 Å². The third-order valence-corrected chi connectivity index (χ3v) is 6.03. The lowest BCUT2D eigenvalue weighted by atomic mass is 10.1. The Morgan fingerprint density at radius 1 is 1.09 bits per heavy atom. The third-order valence-electron chi connectivity index (χ3n) is 6.03. The summed E-state index contributed by atoms with van der Waals surface area (Å²) in [6.45, 7) is 2.70. The van der Waals surface area contributed by atoms with Crippen LogP contribution < -0.4 is 10.2 Å². The van der Waals surface area contributed by atoms with Crippen LogP contribution in [0.25, 0.3) is 0 Å². The van der Waals surface area contributed by atoms with Crippen molar-refractivity contribution in [2.75, 3.05) is 49.6 Å². The van der Waals surface area contributed by atoms with Gasteiger partial charge in [0.25, 0.3) is 0 Å². The zero-order chi connectivity index (χ0) is 23.4. The van der Waals surface area contributed by atoms with E-state index in [0.29, 0.717) is 45.0 Å². The van der Waals surface area contributed by atoms with Crippen molar-refractivity contribution in [1.29, 1.82) is 0 Å². The zero-order valence-electron chi connectivity index (χ0n) is 18.1. The summed E-state index contributed by atoms with van der Waals surface area (Å²) in [5.74, 6) is -1.18. The standard InChI is InChI=1S/C24H26F3N3O3/c25-24(26,27)19-6-7-21(29-10-12-33-13-11-29)20(15-19)28-23(32)18-14-22(31)30(16-18)9-8-17-4-2-1-3-5-17/h1-7,15,18H,8-14,16H2,(H,28,32). The van der Waals surface area contributed by atoms with Crippen LogP contribution in [-0.2, 0) is 26.9 Å². The lowest BCUT2D eigenvalue weighted by Gasteiger charge is -2.31. The van der Waals surface area contributed by atoms with E-state index >= 15 is 0 Å². The van der Waals surface area contributed by atoms with Crippen molar-refractivity contribution in [3.05, 3.63) is 59.7 Å². The van der Waals surface area contributed by atoms with Crippen LogP contribution in [0.5, 0.6) is 0 Å². The summed E-state index contributed by atoms with van der Waals surface area (Å²) in [4.78, 5) is 28.9. The smallest absolute Gasteiger partial charge is 0.378 e. The van der Waals surface area contributed by atoms with Gasteiger partial charge in [-0.15, -0.1) is 0 Å². The van der Waals surface area contributed by atoms with Crippen molar-refractivity contribution in [3.8, 4) is 0 Å². The Morgan fingerprint density at radius 2 is 1.82 bits per heavy atom. The van der Waals surface area contributed by atoms with Gasteiger partial charge in [-0.1, -0.05) is 30.3 Å². The number of nitrogens with one attached hydrogen (secondary N) is 1. The van der Waals surface area contributed by atoms with Crippen molar-refractivity contribution >= 4 is 23.2 Å². The molecule has 0 aromatic heterocycles. The molecule has 2 heterocycles. The maximum atomic E-state index is 13.3. The molecular weight excluding hydrogens is 435 g/mol. The lowest BCUT2D eigenvalue weighted by Crippen LogP contribution is -2.37. The van der Waals surface area contributed by atoms with Crippen molar-refractivity contribution in [2.45, 2.75) is 19.0 Å². The van der Waals surface area contributed by atoms with Crippen LogP contribution in [0.1, 0.15) is 17.5 Å². The molecule has 2 aliphatic heterocycles. The molecule has 0 spiro atoms. The van der Waals surface area contributed by atoms with Gasteiger partial charge in [-0.25, -0.2) is 0 Å². The van der Waals surface area contributed by atoms with E-state index in [2.05, 4.69) is 5.32 Å². The van der Waals surface area contributed by atoms with Crippen molar-refractivity contribution in [3.63, 3.8) is 0 Å². The SMILES string of the molecule is O=C(Nc1cc(C(F)(F)F)ccc1N1CCOCC1)C1CC(=O)N(CCc2ccccc2)C1. The fraction of sp³-hybridized carbons (Fsp3) is 0.417. The van der Waals surface area contributed by atoms with Gasteiger partial charge in [0.05, 0.1) is 36.1 Å². The van der Waals surface area contributed by atoms with Crippen LogP contribution >= 0.6 is 0 Å². The number of ether oxygens (including phenoxy) is 1. The minimum absolute atomic E-state index is 0.0481. The number of amides is 2. The normalized spacial score (nSPS) is 19.1. The second kappa shape index (κ2) is 9.82. The van der Waals surface area contributed by atoms with E-state index in [1.807, 2.05) is 35.2 Å². The number of alkyl halides is 3. The Hall–Kier alpha value is -3.07. The number of rotatable bonds is 6. The lowest BCUT2D eigenvalue weighted by molar-refractivity contribution is -0.137. The maximum absolute atomic E-state index is 13.3. The number of halogens is 3. The van der Waals surface area contributed by atoms with E-state index in [1.54, 1.807) is 4.90 Å². The Bertz CT molecular complexity index is 991. The average molecular weight is 461 g/mol. The second-order valence-electron chi connectivity index (χ2n) is 8.29. The molecule has 1 atom stereocenters. The van der Waals surface area contributed by atoms with E-state index in [9.17, 15) is 22.8 Å². The molecule has 0 aliphatic carbocycles. The Morgan fingerprint density at radius 3 is 2.52 bits per heavy atom. The molecule has 2 aromatic carbocycles. The predicted molar refractivity (Wildman–Crippen MR) is 118 cm³/mol. The summed E-state index contributed by atoms with van der Waals surface area (Å²) in [6.07, 6.45) is -3.80. The molecule has 6 nitrogen and oxygen atoms in total. The van der Waals surface area contributed by atoms with Crippen LogP contribution in [-0.4, -0.2) is 56.1 Å². The number of hydrogen-bond acceptors (Lipinski definition) is 4. The van der Waals surface area contributed by atoms with E-state index in [1.165, 1.54) is 6.07 Å². The molecule has 2 aliphatic rings. The molecule has 2 saturated heterocycles. The minimum Gasteiger partial charge on any atom is -0.378 e. The molecule has 0 saturated carbocycles. The quantitative estimate of drug-likeness (QED) is 0.715. The molecule has 2 amide bonds. The van der Waals surface area contributed by atoms with E-state index in [0.717, 1.165) is 17.7 Å². The molecule has 4 rings (SSSR count). The van der Waals surface area contributed by atoms with Gasteiger partial charge in [-0.3, -0.25) is 9.59 Å². The van der Waals surface area contributed by atoms with Crippen LogP contribution in [0.3, 0.4) is 0 Å². The molecule has 2 aromatic rings. The molecule has 176 valence electrons. The summed E-state index contributed by atoms with van der Waals surface area (Å²) in [5, 5.41) is 2.68. The summed E-state index contributed by atoms with van der Waals surface area (Å²) in [6, 6.07) is 13.1. The van der Waals surface area contributed by atoms with Crippen LogP contribution in [0.2, 0.25) is 0 Å².